The van der Waals surface area contributed by atoms with E-state index in [1.165, 1.54) is 6.20 Å². The third-order valence-electron chi connectivity index (χ3n) is 2.21. The molecule has 1 amide bonds. The van der Waals surface area contributed by atoms with Gasteiger partial charge in [0.05, 0.1) is 17.1 Å². The number of benzene rings is 1. The summed E-state index contributed by atoms with van der Waals surface area (Å²) in [6, 6.07) is 7.42. The molecule has 14 heavy (non-hydrogen) atoms. The van der Waals surface area contributed by atoms with Gasteiger partial charge in [-0.3, -0.25) is 4.79 Å². The third kappa shape index (κ3) is 0.821. The second-order valence-electron chi connectivity index (χ2n) is 3.04. The van der Waals surface area contributed by atoms with Crippen LogP contribution in [0.1, 0.15) is 0 Å². The number of carbonyl (C=O) groups is 1. The Morgan fingerprint density at radius 2 is 2.00 bits per heavy atom. The molecule has 2 aliphatic heterocycles. The van der Waals surface area contributed by atoms with Gasteiger partial charge in [-0.1, -0.05) is 18.2 Å². The molecular formula is C10H5N3O. The summed E-state index contributed by atoms with van der Waals surface area (Å²) in [7, 11) is 0. The minimum atomic E-state index is -0.260. The molecule has 0 atom stereocenters. The van der Waals surface area contributed by atoms with E-state index in [2.05, 4.69) is 15.2 Å². The van der Waals surface area contributed by atoms with Crippen molar-refractivity contribution in [1.29, 1.82) is 0 Å². The van der Waals surface area contributed by atoms with Gasteiger partial charge in [0.15, 0.2) is 0 Å². The lowest BCUT2D eigenvalue weighted by Crippen LogP contribution is -2.32. The number of carbonyl (C=O) groups excluding carboxylic acids is 1. The van der Waals surface area contributed by atoms with Gasteiger partial charge in [0.1, 0.15) is 5.70 Å². The number of hydrogen-bond acceptors (Lipinski definition) is 3. The Labute approximate surface area is 79.0 Å². The summed E-state index contributed by atoms with van der Waals surface area (Å²) in [5, 5.41) is 9.19. The van der Waals surface area contributed by atoms with Crippen molar-refractivity contribution in [2.75, 3.05) is 0 Å². The maximum absolute atomic E-state index is 11.5. The first-order valence-corrected chi connectivity index (χ1v) is 4.20. The van der Waals surface area contributed by atoms with Crippen LogP contribution in [0.25, 0.3) is 5.70 Å². The van der Waals surface area contributed by atoms with Gasteiger partial charge in [-0.2, -0.15) is 5.11 Å². The fraction of sp³-hybridized carbons (Fsp3) is 0. The zero-order valence-electron chi connectivity index (χ0n) is 7.14. The number of rotatable bonds is 0. The fourth-order valence-corrected chi connectivity index (χ4v) is 1.56. The summed E-state index contributed by atoms with van der Waals surface area (Å²) >= 11 is 0. The van der Waals surface area contributed by atoms with Crippen LogP contribution in [0, 0.1) is 0 Å². The molecule has 0 fully saturated rings. The van der Waals surface area contributed by atoms with Crippen LogP contribution >= 0.6 is 0 Å². The van der Waals surface area contributed by atoms with Crippen molar-refractivity contribution in [2.45, 2.75) is 0 Å². The van der Waals surface area contributed by atoms with Crippen LogP contribution in [0.4, 0.5) is 0 Å². The SMILES string of the molecule is O=C1N=c2ccccc2=C2N=NC=C12. The summed E-state index contributed by atoms with van der Waals surface area (Å²) in [6.45, 7) is 0. The lowest BCUT2D eigenvalue weighted by molar-refractivity contribution is -0.114. The minimum Gasteiger partial charge on any atom is -0.267 e. The van der Waals surface area contributed by atoms with Gasteiger partial charge in [0.2, 0.25) is 0 Å². The van der Waals surface area contributed by atoms with Crippen LogP contribution in [-0.2, 0) is 4.79 Å². The molecule has 0 spiro atoms. The van der Waals surface area contributed by atoms with Crippen LogP contribution in [-0.4, -0.2) is 5.91 Å². The van der Waals surface area contributed by atoms with Crippen LogP contribution in [0.3, 0.4) is 0 Å². The van der Waals surface area contributed by atoms with Crippen LogP contribution < -0.4 is 10.6 Å². The summed E-state index contributed by atoms with van der Waals surface area (Å²) < 4.78 is 0. The van der Waals surface area contributed by atoms with E-state index in [1.54, 1.807) is 6.07 Å². The molecule has 2 heterocycles. The molecule has 4 heteroatoms. The van der Waals surface area contributed by atoms with E-state index < -0.39 is 0 Å². The van der Waals surface area contributed by atoms with Crippen molar-refractivity contribution in [3.8, 4) is 0 Å². The number of nitrogens with zero attached hydrogens (tertiary/aromatic N) is 3. The van der Waals surface area contributed by atoms with Gasteiger partial charge in [-0.15, -0.1) is 5.11 Å². The van der Waals surface area contributed by atoms with Crippen molar-refractivity contribution in [2.24, 2.45) is 15.2 Å². The van der Waals surface area contributed by atoms with E-state index in [0.717, 1.165) is 5.22 Å². The Morgan fingerprint density at radius 1 is 1.14 bits per heavy atom. The summed E-state index contributed by atoms with van der Waals surface area (Å²) in [5.74, 6) is -0.260. The Bertz CT molecular complexity index is 610. The first-order valence-electron chi connectivity index (χ1n) is 4.20. The van der Waals surface area contributed by atoms with Crippen LogP contribution in [0.5, 0.6) is 0 Å². The van der Waals surface area contributed by atoms with Crippen LogP contribution in [0.15, 0.2) is 51.3 Å². The highest BCUT2D eigenvalue weighted by Gasteiger charge is 2.21. The predicted molar refractivity (Wildman–Crippen MR) is 48.6 cm³/mol. The van der Waals surface area contributed by atoms with Crippen molar-refractivity contribution in [1.82, 2.24) is 0 Å². The van der Waals surface area contributed by atoms with E-state index in [0.29, 0.717) is 16.6 Å². The lowest BCUT2D eigenvalue weighted by Gasteiger charge is -2.02. The molecule has 2 aliphatic rings. The molecule has 0 saturated heterocycles. The average Bonchev–Trinajstić information content (AvgIpc) is 2.67. The Hall–Kier alpha value is -2.10. The molecule has 0 aliphatic carbocycles. The number of azo groups is 1. The molecular weight excluding hydrogens is 178 g/mol. The second-order valence-corrected chi connectivity index (χ2v) is 3.04. The molecule has 1 aromatic rings. The summed E-state index contributed by atoms with van der Waals surface area (Å²) in [4.78, 5) is 15.4. The predicted octanol–water partition coefficient (Wildman–Crippen LogP) is 0.304. The standard InChI is InChI=1S/C10H5N3O/c14-10-7-5-11-13-9(7)6-3-1-2-4-8(6)12-10/h1-5H. The Morgan fingerprint density at radius 3 is 2.93 bits per heavy atom. The molecule has 0 unspecified atom stereocenters. The maximum atomic E-state index is 11.5. The van der Waals surface area contributed by atoms with Crippen LogP contribution in [0.2, 0.25) is 0 Å². The largest absolute Gasteiger partial charge is 0.281 e. The van der Waals surface area contributed by atoms with Gasteiger partial charge in [-0.05, 0) is 6.07 Å². The van der Waals surface area contributed by atoms with Gasteiger partial charge in [-0.25, -0.2) is 4.99 Å². The molecule has 0 bridgehead atoms. The van der Waals surface area contributed by atoms with Crippen molar-refractivity contribution >= 4 is 11.6 Å². The highest BCUT2D eigenvalue weighted by atomic mass is 16.1. The highest BCUT2D eigenvalue weighted by molar-refractivity contribution is 6.07. The minimum absolute atomic E-state index is 0.260. The van der Waals surface area contributed by atoms with Crippen molar-refractivity contribution < 1.29 is 4.79 Å². The zero-order chi connectivity index (χ0) is 9.54. The zero-order valence-corrected chi connectivity index (χ0v) is 7.14. The van der Waals surface area contributed by atoms with E-state index in [4.69, 9.17) is 0 Å². The molecule has 0 saturated carbocycles. The van der Waals surface area contributed by atoms with Gasteiger partial charge < -0.3 is 0 Å². The Kier molecular flexibility index (Phi) is 1.28. The molecule has 0 radical (unpaired) electrons. The molecule has 0 aromatic heterocycles. The highest BCUT2D eigenvalue weighted by Crippen LogP contribution is 2.20. The third-order valence-corrected chi connectivity index (χ3v) is 2.21. The fourth-order valence-electron chi connectivity index (χ4n) is 1.56. The quantitative estimate of drug-likeness (QED) is 0.570. The maximum Gasteiger partial charge on any atom is 0.281 e. The number of hydrogen-bond donors (Lipinski definition) is 0. The number of para-hydroxylation sites is 1. The first-order chi connectivity index (χ1) is 6.86. The average molecular weight is 183 g/mol. The molecule has 66 valence electrons. The second kappa shape index (κ2) is 2.45. The van der Waals surface area contributed by atoms with Crippen molar-refractivity contribution in [3.05, 3.63) is 46.6 Å². The van der Waals surface area contributed by atoms with E-state index in [-0.39, 0.29) is 5.91 Å². The summed E-state index contributed by atoms with van der Waals surface area (Å²) in [6.07, 6.45) is 1.46. The number of amides is 1. The van der Waals surface area contributed by atoms with Gasteiger partial charge in [0, 0.05) is 5.22 Å². The molecule has 3 rings (SSSR count). The normalized spacial score (nSPS) is 17.3. The van der Waals surface area contributed by atoms with Crippen molar-refractivity contribution in [3.63, 3.8) is 0 Å². The smallest absolute Gasteiger partial charge is 0.267 e. The lowest BCUT2D eigenvalue weighted by atomic mass is 10.1. The Balaban J connectivity index is 2.57. The van der Waals surface area contributed by atoms with E-state index in [1.807, 2.05) is 18.2 Å². The van der Waals surface area contributed by atoms with E-state index in [9.17, 15) is 4.79 Å². The van der Waals surface area contributed by atoms with Gasteiger partial charge in [0.25, 0.3) is 5.91 Å². The number of fused-ring (bicyclic) bond motifs is 2. The van der Waals surface area contributed by atoms with Gasteiger partial charge >= 0.3 is 0 Å². The monoisotopic (exact) mass is 183 g/mol. The molecule has 4 nitrogen and oxygen atoms in total. The topological polar surface area (TPSA) is 54.1 Å². The van der Waals surface area contributed by atoms with E-state index >= 15 is 0 Å². The first kappa shape index (κ1) is 7.32. The molecule has 0 N–H and O–H groups in total. The summed E-state index contributed by atoms with van der Waals surface area (Å²) in [5.41, 5.74) is 1.13. The molecule has 1 aromatic carbocycles.